The summed E-state index contributed by atoms with van der Waals surface area (Å²) >= 11 is 3.18. The molecule has 0 radical (unpaired) electrons. The molecule has 102 valence electrons. The number of hydrogen-bond acceptors (Lipinski definition) is 1. The van der Waals surface area contributed by atoms with Crippen molar-refractivity contribution in [1.82, 2.24) is 4.90 Å². The van der Waals surface area contributed by atoms with Crippen molar-refractivity contribution < 1.29 is 13.6 Å². The molecule has 0 aliphatic carbocycles. The number of halogens is 3. The molecule has 1 amide bonds. The molecule has 0 unspecified atom stereocenters. The molecule has 0 aromatic heterocycles. The molecule has 1 heterocycles. The van der Waals surface area contributed by atoms with E-state index in [1.807, 2.05) is 0 Å². The van der Waals surface area contributed by atoms with Crippen LogP contribution in [-0.2, 0) is 13.1 Å². The SMILES string of the molecule is O=C1c2cccc(F)c2CN1Cc1ccc(Br)cc1F. The molecule has 0 fully saturated rings. The average molecular weight is 338 g/mol. The zero-order valence-electron chi connectivity index (χ0n) is 10.4. The van der Waals surface area contributed by atoms with Crippen LogP contribution >= 0.6 is 15.9 Å². The van der Waals surface area contributed by atoms with Crippen LogP contribution in [0.15, 0.2) is 40.9 Å². The van der Waals surface area contributed by atoms with Gasteiger partial charge in [0.2, 0.25) is 0 Å². The number of carbonyl (C=O) groups is 1. The van der Waals surface area contributed by atoms with Crippen LogP contribution in [0.1, 0.15) is 21.5 Å². The van der Waals surface area contributed by atoms with Crippen molar-refractivity contribution >= 4 is 21.8 Å². The van der Waals surface area contributed by atoms with Gasteiger partial charge in [0, 0.05) is 27.7 Å². The monoisotopic (exact) mass is 337 g/mol. The Bertz CT molecular complexity index is 702. The second kappa shape index (κ2) is 4.98. The van der Waals surface area contributed by atoms with Crippen molar-refractivity contribution in [3.8, 4) is 0 Å². The Kier molecular flexibility index (Phi) is 3.30. The van der Waals surface area contributed by atoms with Gasteiger partial charge in [0.25, 0.3) is 5.91 Å². The summed E-state index contributed by atoms with van der Waals surface area (Å²) in [6.07, 6.45) is 0. The van der Waals surface area contributed by atoms with E-state index in [0.717, 1.165) is 0 Å². The Balaban J connectivity index is 1.88. The highest BCUT2D eigenvalue weighted by atomic mass is 79.9. The minimum Gasteiger partial charge on any atom is -0.330 e. The molecule has 0 saturated carbocycles. The quantitative estimate of drug-likeness (QED) is 0.814. The van der Waals surface area contributed by atoms with Gasteiger partial charge in [-0.1, -0.05) is 28.1 Å². The van der Waals surface area contributed by atoms with Crippen LogP contribution < -0.4 is 0 Å². The summed E-state index contributed by atoms with van der Waals surface area (Å²) in [6, 6.07) is 9.12. The fourth-order valence-corrected chi connectivity index (χ4v) is 2.67. The molecule has 3 rings (SSSR count). The van der Waals surface area contributed by atoms with E-state index in [4.69, 9.17) is 0 Å². The lowest BCUT2D eigenvalue weighted by Crippen LogP contribution is -2.23. The number of rotatable bonds is 2. The standard InChI is InChI=1S/C15H10BrF2NO/c16-10-5-4-9(14(18)6-10)7-19-8-12-11(15(19)20)2-1-3-13(12)17/h1-6H,7-8H2. The Labute approximate surface area is 123 Å². The summed E-state index contributed by atoms with van der Waals surface area (Å²) in [5.41, 5.74) is 1.16. The van der Waals surface area contributed by atoms with E-state index in [2.05, 4.69) is 15.9 Å². The molecule has 0 N–H and O–H groups in total. The number of fused-ring (bicyclic) bond motifs is 1. The number of amides is 1. The maximum atomic E-state index is 13.8. The van der Waals surface area contributed by atoms with Crippen LogP contribution in [0.4, 0.5) is 8.78 Å². The molecule has 2 nitrogen and oxygen atoms in total. The molecule has 0 saturated heterocycles. The zero-order chi connectivity index (χ0) is 14.3. The van der Waals surface area contributed by atoms with Gasteiger partial charge in [-0.05, 0) is 24.3 Å². The molecule has 2 aromatic rings. The van der Waals surface area contributed by atoms with Gasteiger partial charge in [0.15, 0.2) is 0 Å². The molecule has 1 aliphatic heterocycles. The van der Waals surface area contributed by atoms with E-state index in [0.29, 0.717) is 21.2 Å². The van der Waals surface area contributed by atoms with Crippen molar-refractivity contribution in [2.45, 2.75) is 13.1 Å². The molecule has 2 aromatic carbocycles. The van der Waals surface area contributed by atoms with Gasteiger partial charge in [-0.15, -0.1) is 0 Å². The minimum atomic E-state index is -0.394. The van der Waals surface area contributed by atoms with Gasteiger partial charge in [0.05, 0.1) is 6.54 Å². The van der Waals surface area contributed by atoms with Crippen LogP contribution in [0.3, 0.4) is 0 Å². The van der Waals surface area contributed by atoms with Crippen molar-refractivity contribution in [3.63, 3.8) is 0 Å². The number of nitrogens with zero attached hydrogens (tertiary/aromatic N) is 1. The summed E-state index contributed by atoms with van der Waals surface area (Å²) in [5, 5.41) is 0. The first-order valence-corrected chi connectivity index (χ1v) is 6.86. The van der Waals surface area contributed by atoms with E-state index in [-0.39, 0.29) is 24.8 Å². The van der Waals surface area contributed by atoms with Gasteiger partial charge in [-0.25, -0.2) is 8.78 Å². The highest BCUT2D eigenvalue weighted by Crippen LogP contribution is 2.27. The lowest BCUT2D eigenvalue weighted by atomic mass is 10.1. The number of benzene rings is 2. The smallest absolute Gasteiger partial charge is 0.254 e. The summed E-state index contributed by atoms with van der Waals surface area (Å²) < 4.78 is 28.1. The van der Waals surface area contributed by atoms with Crippen LogP contribution in [0, 0.1) is 11.6 Å². The third kappa shape index (κ3) is 2.22. The molecule has 5 heteroatoms. The summed E-state index contributed by atoms with van der Waals surface area (Å²) in [5.74, 6) is -1.04. The normalized spacial score (nSPS) is 13.8. The Morgan fingerprint density at radius 2 is 1.95 bits per heavy atom. The minimum absolute atomic E-state index is 0.131. The van der Waals surface area contributed by atoms with Gasteiger partial charge in [-0.3, -0.25) is 4.79 Å². The van der Waals surface area contributed by atoms with Crippen LogP contribution in [-0.4, -0.2) is 10.8 Å². The first-order valence-electron chi connectivity index (χ1n) is 6.07. The van der Waals surface area contributed by atoms with E-state index in [1.165, 1.54) is 23.1 Å². The third-order valence-electron chi connectivity index (χ3n) is 3.36. The Hall–Kier alpha value is -1.75. The predicted molar refractivity (Wildman–Crippen MR) is 74.1 cm³/mol. The molecule has 1 aliphatic rings. The fourth-order valence-electron chi connectivity index (χ4n) is 2.34. The summed E-state index contributed by atoms with van der Waals surface area (Å²) in [4.78, 5) is 13.6. The van der Waals surface area contributed by atoms with Crippen molar-refractivity contribution in [1.29, 1.82) is 0 Å². The van der Waals surface area contributed by atoms with Crippen LogP contribution in [0.2, 0.25) is 0 Å². The van der Waals surface area contributed by atoms with E-state index in [1.54, 1.807) is 18.2 Å². The lowest BCUT2D eigenvalue weighted by Gasteiger charge is -2.16. The highest BCUT2D eigenvalue weighted by molar-refractivity contribution is 9.10. The predicted octanol–water partition coefficient (Wildman–Crippen LogP) is 3.88. The maximum Gasteiger partial charge on any atom is 0.254 e. The first kappa shape index (κ1) is 13.2. The average Bonchev–Trinajstić information content (AvgIpc) is 2.72. The second-order valence-electron chi connectivity index (χ2n) is 4.66. The molecular weight excluding hydrogens is 328 g/mol. The van der Waals surface area contributed by atoms with Gasteiger partial charge >= 0.3 is 0 Å². The van der Waals surface area contributed by atoms with Gasteiger partial charge < -0.3 is 4.90 Å². The number of carbonyl (C=O) groups excluding carboxylic acids is 1. The van der Waals surface area contributed by atoms with Crippen molar-refractivity contribution in [2.75, 3.05) is 0 Å². The van der Waals surface area contributed by atoms with Crippen molar-refractivity contribution in [3.05, 3.63) is 69.2 Å². The van der Waals surface area contributed by atoms with Gasteiger partial charge in [-0.2, -0.15) is 0 Å². The van der Waals surface area contributed by atoms with Crippen LogP contribution in [0.5, 0.6) is 0 Å². The molecule has 0 atom stereocenters. The summed E-state index contributed by atoms with van der Waals surface area (Å²) in [6.45, 7) is 0.308. The Morgan fingerprint density at radius 3 is 2.65 bits per heavy atom. The fraction of sp³-hybridized carbons (Fsp3) is 0.133. The molecule has 0 bridgehead atoms. The first-order chi connectivity index (χ1) is 9.56. The highest BCUT2D eigenvalue weighted by Gasteiger charge is 2.29. The van der Waals surface area contributed by atoms with Crippen LogP contribution in [0.25, 0.3) is 0 Å². The lowest BCUT2D eigenvalue weighted by molar-refractivity contribution is 0.0765. The molecule has 0 spiro atoms. The largest absolute Gasteiger partial charge is 0.330 e. The Morgan fingerprint density at radius 1 is 1.15 bits per heavy atom. The van der Waals surface area contributed by atoms with E-state index < -0.39 is 5.82 Å². The number of hydrogen-bond donors (Lipinski definition) is 0. The summed E-state index contributed by atoms with van der Waals surface area (Å²) in [7, 11) is 0. The second-order valence-corrected chi connectivity index (χ2v) is 5.58. The van der Waals surface area contributed by atoms with Crippen molar-refractivity contribution in [2.24, 2.45) is 0 Å². The zero-order valence-corrected chi connectivity index (χ0v) is 12.0. The molecule has 20 heavy (non-hydrogen) atoms. The van der Waals surface area contributed by atoms with E-state index >= 15 is 0 Å². The molecular formula is C15H10BrF2NO. The van der Waals surface area contributed by atoms with Gasteiger partial charge in [0.1, 0.15) is 11.6 Å². The topological polar surface area (TPSA) is 20.3 Å². The van der Waals surface area contributed by atoms with E-state index in [9.17, 15) is 13.6 Å². The maximum absolute atomic E-state index is 13.8. The third-order valence-corrected chi connectivity index (χ3v) is 3.86.